The maximum Gasteiger partial charge on any atom is 0.312 e. The van der Waals surface area contributed by atoms with E-state index in [-0.39, 0.29) is 23.7 Å². The van der Waals surface area contributed by atoms with Crippen molar-refractivity contribution in [2.45, 2.75) is 24.9 Å². The van der Waals surface area contributed by atoms with E-state index in [1.807, 2.05) is 31.2 Å². The maximum atomic E-state index is 13.5. The Hall–Kier alpha value is -3.30. The first kappa shape index (κ1) is 21.4. The standard InChI is InChI=1S/C21H21N3O5S/c1-16-6-3-4-8-18(16)15-23(14-17-7-5-11-22-13-17)30(27,28)19-9-10-21(29-2)20(12-19)24(25)26/h3-13H,14-15H2,1-2H3. The molecular weight excluding hydrogens is 406 g/mol. The molecule has 0 radical (unpaired) electrons. The van der Waals surface area contributed by atoms with Gasteiger partial charge < -0.3 is 4.74 Å². The van der Waals surface area contributed by atoms with Gasteiger partial charge in [0.05, 0.1) is 16.9 Å². The molecule has 0 fully saturated rings. The topological polar surface area (TPSA) is 103 Å². The molecule has 9 heteroatoms. The second-order valence-corrected chi connectivity index (χ2v) is 8.59. The van der Waals surface area contributed by atoms with E-state index in [1.54, 1.807) is 24.5 Å². The molecule has 30 heavy (non-hydrogen) atoms. The number of ether oxygens (including phenoxy) is 1. The molecule has 3 rings (SSSR count). The van der Waals surface area contributed by atoms with E-state index < -0.39 is 20.6 Å². The van der Waals surface area contributed by atoms with Gasteiger partial charge >= 0.3 is 5.69 Å². The molecular formula is C21H21N3O5S. The van der Waals surface area contributed by atoms with Crippen molar-refractivity contribution in [1.29, 1.82) is 0 Å². The Bertz CT molecular complexity index is 1150. The highest BCUT2D eigenvalue weighted by Crippen LogP contribution is 2.31. The highest BCUT2D eigenvalue weighted by Gasteiger charge is 2.28. The number of hydrogen-bond donors (Lipinski definition) is 0. The second kappa shape index (κ2) is 9.02. The Labute approximate surface area is 175 Å². The molecule has 0 aliphatic heterocycles. The zero-order chi connectivity index (χ0) is 21.7. The van der Waals surface area contributed by atoms with Crippen molar-refractivity contribution in [3.05, 3.63) is 93.8 Å². The van der Waals surface area contributed by atoms with Crippen LogP contribution in [0.25, 0.3) is 0 Å². The Balaban J connectivity index is 2.06. The molecule has 0 atom stereocenters. The first-order valence-corrected chi connectivity index (χ1v) is 10.5. The van der Waals surface area contributed by atoms with Gasteiger partial charge in [0.25, 0.3) is 0 Å². The monoisotopic (exact) mass is 427 g/mol. The molecule has 2 aromatic carbocycles. The predicted molar refractivity (Wildman–Crippen MR) is 111 cm³/mol. The Morgan fingerprint density at radius 1 is 1.10 bits per heavy atom. The van der Waals surface area contributed by atoms with Crippen molar-refractivity contribution >= 4 is 15.7 Å². The summed E-state index contributed by atoms with van der Waals surface area (Å²) < 4.78 is 33.2. The molecule has 3 aromatic rings. The van der Waals surface area contributed by atoms with E-state index in [1.165, 1.54) is 23.5 Å². The number of hydrogen-bond acceptors (Lipinski definition) is 6. The van der Waals surface area contributed by atoms with E-state index in [0.29, 0.717) is 5.56 Å². The van der Waals surface area contributed by atoms with Gasteiger partial charge in [0, 0.05) is 31.5 Å². The summed E-state index contributed by atoms with van der Waals surface area (Å²) in [5.74, 6) is -0.00309. The molecule has 0 aliphatic carbocycles. The fourth-order valence-corrected chi connectivity index (χ4v) is 4.45. The summed E-state index contributed by atoms with van der Waals surface area (Å²) in [6.45, 7) is 2.09. The second-order valence-electron chi connectivity index (χ2n) is 6.65. The lowest BCUT2D eigenvalue weighted by Crippen LogP contribution is -2.30. The van der Waals surface area contributed by atoms with Gasteiger partial charge in [0.1, 0.15) is 0 Å². The summed E-state index contributed by atoms with van der Waals surface area (Å²) in [6, 6.07) is 14.6. The van der Waals surface area contributed by atoms with Gasteiger partial charge in [0.15, 0.2) is 5.75 Å². The van der Waals surface area contributed by atoms with Gasteiger partial charge in [-0.05, 0) is 41.8 Å². The van der Waals surface area contributed by atoms with Crippen LogP contribution in [-0.2, 0) is 23.1 Å². The van der Waals surface area contributed by atoms with Gasteiger partial charge in [0.2, 0.25) is 10.0 Å². The minimum atomic E-state index is -4.05. The number of rotatable bonds is 8. The summed E-state index contributed by atoms with van der Waals surface area (Å²) in [6.07, 6.45) is 3.20. The summed E-state index contributed by atoms with van der Waals surface area (Å²) in [4.78, 5) is 14.6. The van der Waals surface area contributed by atoms with E-state index >= 15 is 0 Å². The first-order chi connectivity index (χ1) is 14.3. The van der Waals surface area contributed by atoms with Crippen LogP contribution in [0.4, 0.5) is 5.69 Å². The maximum absolute atomic E-state index is 13.5. The Morgan fingerprint density at radius 3 is 2.50 bits per heavy atom. The van der Waals surface area contributed by atoms with Gasteiger partial charge in [-0.2, -0.15) is 4.31 Å². The number of nitro benzene ring substituents is 1. The molecule has 0 amide bonds. The summed E-state index contributed by atoms with van der Waals surface area (Å²) in [5, 5.41) is 11.4. The van der Waals surface area contributed by atoms with E-state index in [4.69, 9.17) is 4.74 Å². The van der Waals surface area contributed by atoms with Crippen molar-refractivity contribution in [3.63, 3.8) is 0 Å². The van der Waals surface area contributed by atoms with E-state index in [9.17, 15) is 18.5 Å². The van der Waals surface area contributed by atoms with Gasteiger partial charge in [-0.1, -0.05) is 30.3 Å². The average molecular weight is 427 g/mol. The number of benzene rings is 2. The molecule has 0 bridgehead atoms. The minimum absolute atomic E-state index is 0.00309. The number of nitrogens with zero attached hydrogens (tertiary/aromatic N) is 3. The third kappa shape index (κ3) is 4.64. The summed E-state index contributed by atoms with van der Waals surface area (Å²) in [5.41, 5.74) is 2.09. The van der Waals surface area contributed by atoms with E-state index in [2.05, 4.69) is 4.98 Å². The van der Waals surface area contributed by atoms with Crippen LogP contribution in [0.15, 0.2) is 71.9 Å². The highest BCUT2D eigenvalue weighted by molar-refractivity contribution is 7.89. The van der Waals surface area contributed by atoms with Gasteiger partial charge in [-0.15, -0.1) is 0 Å². The molecule has 0 N–H and O–H groups in total. The van der Waals surface area contributed by atoms with Crippen LogP contribution in [0, 0.1) is 17.0 Å². The minimum Gasteiger partial charge on any atom is -0.490 e. The lowest BCUT2D eigenvalue weighted by Gasteiger charge is -2.23. The van der Waals surface area contributed by atoms with Crippen LogP contribution in [0.2, 0.25) is 0 Å². The normalized spacial score (nSPS) is 11.4. The smallest absolute Gasteiger partial charge is 0.312 e. The number of aromatic nitrogens is 1. The Morgan fingerprint density at radius 2 is 1.87 bits per heavy atom. The van der Waals surface area contributed by atoms with Gasteiger partial charge in [-0.3, -0.25) is 15.1 Å². The third-order valence-corrected chi connectivity index (χ3v) is 6.46. The molecule has 156 valence electrons. The molecule has 1 aromatic heterocycles. The zero-order valence-electron chi connectivity index (χ0n) is 16.6. The molecule has 0 spiro atoms. The average Bonchev–Trinajstić information content (AvgIpc) is 2.74. The van der Waals surface area contributed by atoms with Gasteiger partial charge in [-0.25, -0.2) is 8.42 Å². The van der Waals surface area contributed by atoms with Crippen LogP contribution < -0.4 is 4.74 Å². The van der Waals surface area contributed by atoms with Crippen LogP contribution in [0.3, 0.4) is 0 Å². The summed E-state index contributed by atoms with van der Waals surface area (Å²) in [7, 11) is -2.75. The molecule has 1 heterocycles. The largest absolute Gasteiger partial charge is 0.490 e. The van der Waals surface area contributed by atoms with Crippen molar-refractivity contribution in [2.75, 3.05) is 7.11 Å². The lowest BCUT2D eigenvalue weighted by atomic mass is 10.1. The molecule has 8 nitrogen and oxygen atoms in total. The Kier molecular flexibility index (Phi) is 6.43. The van der Waals surface area contributed by atoms with Crippen LogP contribution in [-0.4, -0.2) is 29.7 Å². The molecule has 0 aliphatic rings. The summed E-state index contributed by atoms with van der Waals surface area (Å²) >= 11 is 0. The van der Waals surface area contributed by atoms with Crippen molar-refractivity contribution in [3.8, 4) is 5.75 Å². The number of nitro groups is 1. The number of aryl methyl sites for hydroxylation is 1. The van der Waals surface area contributed by atoms with Crippen molar-refractivity contribution in [1.82, 2.24) is 9.29 Å². The van der Waals surface area contributed by atoms with E-state index in [0.717, 1.165) is 17.2 Å². The SMILES string of the molecule is COc1ccc(S(=O)(=O)N(Cc2cccnc2)Cc2ccccc2C)cc1[N+](=O)[O-]. The highest BCUT2D eigenvalue weighted by atomic mass is 32.2. The fourth-order valence-electron chi connectivity index (χ4n) is 3.02. The zero-order valence-corrected chi connectivity index (χ0v) is 17.4. The number of pyridine rings is 1. The number of sulfonamides is 1. The lowest BCUT2D eigenvalue weighted by molar-refractivity contribution is -0.386. The van der Waals surface area contributed by atoms with Crippen LogP contribution in [0.5, 0.6) is 5.75 Å². The first-order valence-electron chi connectivity index (χ1n) is 9.09. The predicted octanol–water partition coefficient (Wildman–Crippen LogP) is 3.70. The fraction of sp³-hybridized carbons (Fsp3) is 0.190. The third-order valence-electron chi connectivity index (χ3n) is 4.67. The van der Waals surface area contributed by atoms with Crippen molar-refractivity contribution < 1.29 is 18.1 Å². The van der Waals surface area contributed by atoms with Crippen LogP contribution in [0.1, 0.15) is 16.7 Å². The molecule has 0 saturated carbocycles. The van der Waals surface area contributed by atoms with Crippen LogP contribution >= 0.6 is 0 Å². The van der Waals surface area contributed by atoms with Crippen molar-refractivity contribution in [2.24, 2.45) is 0 Å². The number of methoxy groups -OCH3 is 1. The molecule has 0 unspecified atom stereocenters. The quantitative estimate of drug-likeness (QED) is 0.401. The molecule has 0 saturated heterocycles.